The molecule has 1 aliphatic heterocycles. The van der Waals surface area contributed by atoms with E-state index in [1.54, 1.807) is 0 Å². The van der Waals surface area contributed by atoms with E-state index in [9.17, 15) is 5.11 Å². The molecule has 1 fully saturated rings. The summed E-state index contributed by atoms with van der Waals surface area (Å²) in [4.78, 5) is 2.43. The van der Waals surface area contributed by atoms with Crippen molar-refractivity contribution in [1.29, 1.82) is 0 Å². The third kappa shape index (κ3) is 3.25. The van der Waals surface area contributed by atoms with Crippen LogP contribution >= 0.6 is 15.9 Å². The van der Waals surface area contributed by atoms with Crippen LogP contribution in [0.15, 0.2) is 28.7 Å². The van der Waals surface area contributed by atoms with Crippen LogP contribution in [-0.2, 0) is 0 Å². The van der Waals surface area contributed by atoms with Crippen LogP contribution in [-0.4, -0.2) is 41.8 Å². The summed E-state index contributed by atoms with van der Waals surface area (Å²) in [5.41, 5.74) is 0.912. The smallest absolute Gasteiger partial charge is 0.0662 e. The van der Waals surface area contributed by atoms with Crippen LogP contribution in [0.2, 0.25) is 0 Å². The summed E-state index contributed by atoms with van der Waals surface area (Å²) in [7, 11) is 0. The number of hydrogen-bond acceptors (Lipinski definition) is 3. The van der Waals surface area contributed by atoms with Gasteiger partial charge in [-0.25, -0.2) is 0 Å². The molecule has 0 bridgehead atoms. The number of aliphatic hydroxyl groups excluding tert-OH is 1. The van der Waals surface area contributed by atoms with Crippen LogP contribution in [0, 0.1) is 0 Å². The van der Waals surface area contributed by atoms with E-state index in [0.717, 1.165) is 42.6 Å². The molecule has 1 heterocycles. The normalized spacial score (nSPS) is 19.7. The minimum absolute atomic E-state index is 0.160. The van der Waals surface area contributed by atoms with E-state index in [1.165, 1.54) is 0 Å². The number of benzene rings is 1. The molecule has 0 aliphatic carbocycles. The summed E-state index contributed by atoms with van der Waals surface area (Å²) >= 11 is 3.48. The van der Waals surface area contributed by atoms with Crippen LogP contribution in [0.1, 0.15) is 19.8 Å². The fourth-order valence-electron chi connectivity index (χ4n) is 2.49. The Balaban J connectivity index is 2.05. The van der Waals surface area contributed by atoms with Gasteiger partial charge in [0.05, 0.1) is 12.1 Å². The van der Waals surface area contributed by atoms with Gasteiger partial charge < -0.3 is 15.3 Å². The van der Waals surface area contributed by atoms with Gasteiger partial charge in [0.25, 0.3) is 0 Å². The van der Waals surface area contributed by atoms with Crippen molar-refractivity contribution in [3.8, 4) is 0 Å². The summed E-state index contributed by atoms with van der Waals surface area (Å²) in [6.07, 6.45) is 1.98. The standard InChI is InChI=1S/C14H21BrN2O/c1-2-17-8-6-14(11-18,7-9-17)16-13-5-3-4-12(15)10-13/h3-5,10,16,18H,2,6-9,11H2,1H3. The monoisotopic (exact) mass is 312 g/mol. The van der Waals surface area contributed by atoms with Gasteiger partial charge in [0, 0.05) is 23.2 Å². The zero-order valence-corrected chi connectivity index (χ0v) is 12.4. The first-order valence-corrected chi connectivity index (χ1v) is 7.34. The van der Waals surface area contributed by atoms with Gasteiger partial charge in [0.1, 0.15) is 0 Å². The first-order valence-electron chi connectivity index (χ1n) is 6.54. The van der Waals surface area contributed by atoms with Crippen LogP contribution in [0.4, 0.5) is 5.69 Å². The van der Waals surface area contributed by atoms with Crippen LogP contribution in [0.25, 0.3) is 0 Å². The number of piperidine rings is 1. The van der Waals surface area contributed by atoms with Gasteiger partial charge in [0.15, 0.2) is 0 Å². The van der Waals surface area contributed by atoms with Crippen molar-refractivity contribution in [3.63, 3.8) is 0 Å². The Hall–Kier alpha value is -0.580. The topological polar surface area (TPSA) is 35.5 Å². The van der Waals surface area contributed by atoms with Crippen molar-refractivity contribution < 1.29 is 5.11 Å². The maximum atomic E-state index is 9.74. The van der Waals surface area contributed by atoms with Crippen molar-refractivity contribution in [2.75, 3.05) is 31.6 Å². The Morgan fingerprint density at radius 1 is 1.39 bits per heavy atom. The molecule has 0 unspecified atom stereocenters. The van der Waals surface area contributed by atoms with Crippen LogP contribution in [0.5, 0.6) is 0 Å². The SMILES string of the molecule is CCN1CCC(CO)(Nc2cccc(Br)c2)CC1. The number of anilines is 1. The number of nitrogens with zero attached hydrogens (tertiary/aromatic N) is 1. The minimum Gasteiger partial charge on any atom is -0.394 e. The number of rotatable bonds is 4. The lowest BCUT2D eigenvalue weighted by atomic mass is 9.88. The Kier molecular flexibility index (Phi) is 4.65. The van der Waals surface area contributed by atoms with E-state index in [4.69, 9.17) is 0 Å². The third-order valence-electron chi connectivity index (χ3n) is 3.80. The Labute approximate surface area is 117 Å². The highest BCUT2D eigenvalue weighted by atomic mass is 79.9. The molecule has 0 amide bonds. The maximum Gasteiger partial charge on any atom is 0.0662 e. The van der Waals surface area contributed by atoms with Crippen LogP contribution in [0.3, 0.4) is 0 Å². The molecule has 18 heavy (non-hydrogen) atoms. The lowest BCUT2D eigenvalue weighted by molar-refractivity contribution is 0.122. The highest BCUT2D eigenvalue weighted by molar-refractivity contribution is 9.10. The summed E-state index contributed by atoms with van der Waals surface area (Å²) in [5.74, 6) is 0. The quantitative estimate of drug-likeness (QED) is 0.897. The molecule has 1 aliphatic rings. The molecule has 100 valence electrons. The molecule has 2 N–H and O–H groups in total. The highest BCUT2D eigenvalue weighted by Crippen LogP contribution is 2.27. The molecule has 1 saturated heterocycles. The molecule has 1 aromatic carbocycles. The molecule has 0 saturated carbocycles. The molecule has 0 spiro atoms. The molecule has 2 rings (SSSR count). The van der Waals surface area contributed by atoms with E-state index in [1.807, 2.05) is 18.2 Å². The van der Waals surface area contributed by atoms with Gasteiger partial charge in [-0.3, -0.25) is 0 Å². The maximum absolute atomic E-state index is 9.74. The predicted molar refractivity (Wildman–Crippen MR) is 78.9 cm³/mol. The zero-order chi connectivity index (χ0) is 13.0. The first kappa shape index (κ1) is 13.8. The second-order valence-corrected chi connectivity index (χ2v) is 5.92. The van der Waals surface area contributed by atoms with Gasteiger partial charge in [-0.15, -0.1) is 0 Å². The third-order valence-corrected chi connectivity index (χ3v) is 4.29. The van der Waals surface area contributed by atoms with Gasteiger partial charge in [-0.1, -0.05) is 28.9 Å². The van der Waals surface area contributed by atoms with E-state index >= 15 is 0 Å². The lowest BCUT2D eigenvalue weighted by Gasteiger charge is -2.41. The average Bonchev–Trinajstić information content (AvgIpc) is 2.39. The zero-order valence-electron chi connectivity index (χ0n) is 10.8. The van der Waals surface area contributed by atoms with Gasteiger partial charge in [-0.2, -0.15) is 0 Å². The molecule has 0 aromatic heterocycles. The van der Waals surface area contributed by atoms with E-state index < -0.39 is 0 Å². The average molecular weight is 313 g/mol. The molecule has 1 aromatic rings. The largest absolute Gasteiger partial charge is 0.394 e. The van der Waals surface area contributed by atoms with Crippen LogP contribution < -0.4 is 5.32 Å². The van der Waals surface area contributed by atoms with Crippen molar-refractivity contribution in [3.05, 3.63) is 28.7 Å². The number of nitrogens with one attached hydrogen (secondary N) is 1. The van der Waals surface area contributed by atoms with Crippen molar-refractivity contribution in [2.45, 2.75) is 25.3 Å². The van der Waals surface area contributed by atoms with Crippen molar-refractivity contribution in [2.24, 2.45) is 0 Å². The molecule has 4 heteroatoms. The summed E-state index contributed by atoms with van der Waals surface area (Å²) in [6, 6.07) is 8.13. The highest BCUT2D eigenvalue weighted by Gasteiger charge is 2.33. The first-order chi connectivity index (χ1) is 8.67. The second kappa shape index (κ2) is 6.04. The van der Waals surface area contributed by atoms with Gasteiger partial charge in [0.2, 0.25) is 0 Å². The number of likely N-dealkylation sites (tertiary alicyclic amines) is 1. The second-order valence-electron chi connectivity index (χ2n) is 5.01. The van der Waals surface area contributed by atoms with Gasteiger partial charge >= 0.3 is 0 Å². The number of aliphatic hydroxyl groups is 1. The fraction of sp³-hybridized carbons (Fsp3) is 0.571. The molecule has 0 atom stereocenters. The number of halogens is 1. The molecule has 3 nitrogen and oxygen atoms in total. The Morgan fingerprint density at radius 2 is 2.11 bits per heavy atom. The fourth-order valence-corrected chi connectivity index (χ4v) is 2.89. The van der Waals surface area contributed by atoms with E-state index in [0.29, 0.717) is 0 Å². The van der Waals surface area contributed by atoms with E-state index in [-0.39, 0.29) is 12.1 Å². The minimum atomic E-state index is -0.160. The summed E-state index contributed by atoms with van der Waals surface area (Å²) in [6.45, 7) is 5.58. The van der Waals surface area contributed by atoms with Crippen molar-refractivity contribution >= 4 is 21.6 Å². The molecular weight excluding hydrogens is 292 g/mol. The Bertz CT molecular complexity index is 389. The lowest BCUT2D eigenvalue weighted by Crippen LogP contribution is -2.51. The summed E-state index contributed by atoms with van der Waals surface area (Å²) < 4.78 is 1.06. The van der Waals surface area contributed by atoms with Crippen molar-refractivity contribution in [1.82, 2.24) is 4.90 Å². The number of hydrogen-bond donors (Lipinski definition) is 2. The predicted octanol–water partition coefficient (Wildman–Crippen LogP) is 2.71. The van der Waals surface area contributed by atoms with E-state index in [2.05, 4.69) is 39.1 Å². The van der Waals surface area contributed by atoms with Gasteiger partial charge in [-0.05, 0) is 37.6 Å². The Morgan fingerprint density at radius 3 is 2.67 bits per heavy atom. The summed E-state index contributed by atoms with van der Waals surface area (Å²) in [5, 5.41) is 13.3. The molecular formula is C14H21BrN2O. The molecule has 0 radical (unpaired) electrons.